The van der Waals surface area contributed by atoms with E-state index >= 15 is 0 Å². The predicted molar refractivity (Wildman–Crippen MR) is 66.1 cm³/mol. The van der Waals surface area contributed by atoms with Crippen LogP contribution < -0.4 is 5.73 Å². The highest BCUT2D eigenvalue weighted by molar-refractivity contribution is 5.60. The number of nitrogens with two attached hydrogens (primary N) is 1. The highest BCUT2D eigenvalue weighted by Gasteiger charge is 2.06. The molecule has 1 heterocycles. The molecule has 0 fully saturated rings. The molecule has 0 aliphatic carbocycles. The number of benzene rings is 1. The molecule has 1 aromatic heterocycles. The van der Waals surface area contributed by atoms with Gasteiger partial charge in [-0.3, -0.25) is 4.68 Å². The Hall–Kier alpha value is -1.61. The Morgan fingerprint density at radius 2 is 2.12 bits per heavy atom. The molecule has 3 nitrogen and oxygen atoms in total. The van der Waals surface area contributed by atoms with Crippen LogP contribution in [0.3, 0.4) is 0 Å². The predicted octanol–water partition coefficient (Wildman–Crippen LogP) is 1.90. The summed E-state index contributed by atoms with van der Waals surface area (Å²) in [5.74, 6) is 0. The molecule has 1 aromatic carbocycles. The molecule has 3 heteroatoms. The van der Waals surface area contributed by atoms with Crippen molar-refractivity contribution in [2.24, 2.45) is 12.8 Å². The fourth-order valence-electron chi connectivity index (χ4n) is 1.83. The van der Waals surface area contributed by atoms with Gasteiger partial charge in [-0.25, -0.2) is 0 Å². The third-order valence-electron chi connectivity index (χ3n) is 2.69. The van der Waals surface area contributed by atoms with Crippen LogP contribution in [0.1, 0.15) is 11.3 Å². The molecule has 0 saturated heterocycles. The van der Waals surface area contributed by atoms with Crippen LogP contribution in [0, 0.1) is 6.92 Å². The summed E-state index contributed by atoms with van der Waals surface area (Å²) in [4.78, 5) is 0. The quantitative estimate of drug-likeness (QED) is 0.849. The Morgan fingerprint density at radius 3 is 2.81 bits per heavy atom. The van der Waals surface area contributed by atoms with Gasteiger partial charge >= 0.3 is 0 Å². The summed E-state index contributed by atoms with van der Waals surface area (Å²) in [6.07, 6.45) is 0.870. The van der Waals surface area contributed by atoms with Crippen molar-refractivity contribution in [3.05, 3.63) is 41.6 Å². The van der Waals surface area contributed by atoms with Crippen molar-refractivity contribution in [3.63, 3.8) is 0 Å². The molecule has 2 N–H and O–H groups in total. The van der Waals surface area contributed by atoms with E-state index in [1.165, 1.54) is 16.8 Å². The minimum Gasteiger partial charge on any atom is -0.330 e. The standard InChI is InChI=1S/C13H17N3/c1-10-4-3-5-11(8-10)13-9-12(6-7-14)16(2)15-13/h3-5,8-9H,6-7,14H2,1-2H3. The zero-order valence-corrected chi connectivity index (χ0v) is 9.77. The molecule has 0 bridgehead atoms. The van der Waals surface area contributed by atoms with Crippen molar-refractivity contribution in [1.82, 2.24) is 9.78 Å². The lowest BCUT2D eigenvalue weighted by Gasteiger charge is -1.97. The van der Waals surface area contributed by atoms with Crippen molar-refractivity contribution in [2.45, 2.75) is 13.3 Å². The Balaban J connectivity index is 2.37. The van der Waals surface area contributed by atoms with Crippen LogP contribution in [0.15, 0.2) is 30.3 Å². The van der Waals surface area contributed by atoms with Gasteiger partial charge in [-0.05, 0) is 25.6 Å². The van der Waals surface area contributed by atoms with Gasteiger partial charge in [0.05, 0.1) is 5.69 Å². The number of aryl methyl sites for hydroxylation is 2. The Kier molecular flexibility index (Phi) is 3.06. The molecule has 0 atom stereocenters. The normalized spacial score (nSPS) is 10.7. The summed E-state index contributed by atoms with van der Waals surface area (Å²) in [5.41, 5.74) is 10.2. The van der Waals surface area contributed by atoms with Crippen LogP contribution in [0.25, 0.3) is 11.3 Å². The van der Waals surface area contributed by atoms with Gasteiger partial charge in [0, 0.05) is 24.7 Å². The van der Waals surface area contributed by atoms with Gasteiger partial charge in [-0.1, -0.05) is 23.8 Å². The molecule has 0 aliphatic rings. The Bertz CT molecular complexity index is 486. The molecule has 0 saturated carbocycles. The van der Waals surface area contributed by atoms with E-state index in [1.807, 2.05) is 11.7 Å². The maximum atomic E-state index is 5.56. The maximum Gasteiger partial charge on any atom is 0.0926 e. The molecule has 16 heavy (non-hydrogen) atoms. The van der Waals surface area contributed by atoms with Crippen molar-refractivity contribution in [2.75, 3.05) is 6.54 Å². The smallest absolute Gasteiger partial charge is 0.0926 e. The topological polar surface area (TPSA) is 43.8 Å². The molecular weight excluding hydrogens is 198 g/mol. The average Bonchev–Trinajstić information content (AvgIpc) is 2.61. The minimum atomic E-state index is 0.660. The second kappa shape index (κ2) is 4.49. The molecule has 2 rings (SSSR count). The van der Waals surface area contributed by atoms with Crippen LogP contribution in [-0.4, -0.2) is 16.3 Å². The number of nitrogens with zero attached hydrogens (tertiary/aromatic N) is 2. The molecule has 0 spiro atoms. The number of hydrogen-bond donors (Lipinski definition) is 1. The zero-order chi connectivity index (χ0) is 11.5. The lowest BCUT2D eigenvalue weighted by atomic mass is 10.1. The Labute approximate surface area is 95.9 Å². The molecular formula is C13H17N3. The lowest BCUT2D eigenvalue weighted by Crippen LogP contribution is -2.06. The van der Waals surface area contributed by atoms with Crippen LogP contribution in [0.2, 0.25) is 0 Å². The van der Waals surface area contributed by atoms with Crippen LogP contribution in [-0.2, 0) is 13.5 Å². The van der Waals surface area contributed by atoms with E-state index in [0.717, 1.165) is 12.1 Å². The van der Waals surface area contributed by atoms with Gasteiger partial charge in [0.25, 0.3) is 0 Å². The summed E-state index contributed by atoms with van der Waals surface area (Å²) in [6.45, 7) is 2.75. The molecule has 0 radical (unpaired) electrons. The molecule has 0 unspecified atom stereocenters. The number of aromatic nitrogens is 2. The van der Waals surface area contributed by atoms with Crippen molar-refractivity contribution in [3.8, 4) is 11.3 Å². The largest absolute Gasteiger partial charge is 0.330 e. The van der Waals surface area contributed by atoms with E-state index in [2.05, 4.69) is 42.4 Å². The van der Waals surface area contributed by atoms with E-state index in [9.17, 15) is 0 Å². The Morgan fingerprint density at radius 1 is 1.31 bits per heavy atom. The van der Waals surface area contributed by atoms with E-state index in [-0.39, 0.29) is 0 Å². The third kappa shape index (κ3) is 2.14. The summed E-state index contributed by atoms with van der Waals surface area (Å²) >= 11 is 0. The van der Waals surface area contributed by atoms with Gasteiger partial charge in [0.2, 0.25) is 0 Å². The van der Waals surface area contributed by atoms with Gasteiger partial charge in [-0.15, -0.1) is 0 Å². The fourth-order valence-corrected chi connectivity index (χ4v) is 1.83. The monoisotopic (exact) mass is 215 g/mol. The first-order valence-electron chi connectivity index (χ1n) is 5.50. The third-order valence-corrected chi connectivity index (χ3v) is 2.69. The molecule has 2 aromatic rings. The van der Waals surface area contributed by atoms with Gasteiger partial charge in [-0.2, -0.15) is 5.10 Å². The van der Waals surface area contributed by atoms with Crippen molar-refractivity contribution in [1.29, 1.82) is 0 Å². The number of rotatable bonds is 3. The first-order valence-corrected chi connectivity index (χ1v) is 5.50. The van der Waals surface area contributed by atoms with Crippen molar-refractivity contribution < 1.29 is 0 Å². The second-order valence-corrected chi connectivity index (χ2v) is 4.05. The zero-order valence-electron chi connectivity index (χ0n) is 9.77. The first-order chi connectivity index (χ1) is 7.70. The van der Waals surface area contributed by atoms with Crippen LogP contribution >= 0.6 is 0 Å². The summed E-state index contributed by atoms with van der Waals surface area (Å²) < 4.78 is 1.91. The molecule has 0 amide bonds. The van der Waals surface area contributed by atoms with E-state index < -0.39 is 0 Å². The number of hydrogen-bond acceptors (Lipinski definition) is 2. The summed E-state index contributed by atoms with van der Waals surface area (Å²) in [7, 11) is 1.96. The maximum absolute atomic E-state index is 5.56. The average molecular weight is 215 g/mol. The summed E-state index contributed by atoms with van der Waals surface area (Å²) in [6, 6.07) is 10.5. The SMILES string of the molecule is Cc1cccc(-c2cc(CCN)n(C)n2)c1. The van der Waals surface area contributed by atoms with E-state index in [1.54, 1.807) is 0 Å². The van der Waals surface area contributed by atoms with Gasteiger partial charge in [0.15, 0.2) is 0 Å². The van der Waals surface area contributed by atoms with Gasteiger partial charge in [0.1, 0.15) is 0 Å². The molecule has 0 aliphatic heterocycles. The second-order valence-electron chi connectivity index (χ2n) is 4.05. The van der Waals surface area contributed by atoms with Crippen molar-refractivity contribution >= 4 is 0 Å². The molecule has 84 valence electrons. The van der Waals surface area contributed by atoms with E-state index in [0.29, 0.717) is 6.54 Å². The van der Waals surface area contributed by atoms with Crippen LogP contribution in [0.5, 0.6) is 0 Å². The summed E-state index contributed by atoms with van der Waals surface area (Å²) in [5, 5.41) is 4.50. The van der Waals surface area contributed by atoms with Gasteiger partial charge < -0.3 is 5.73 Å². The highest BCUT2D eigenvalue weighted by atomic mass is 15.3. The minimum absolute atomic E-state index is 0.660. The highest BCUT2D eigenvalue weighted by Crippen LogP contribution is 2.19. The van der Waals surface area contributed by atoms with Crippen LogP contribution in [0.4, 0.5) is 0 Å². The lowest BCUT2D eigenvalue weighted by molar-refractivity contribution is 0.708. The first kappa shape index (κ1) is 10.9. The van der Waals surface area contributed by atoms with E-state index in [4.69, 9.17) is 5.73 Å². The fraction of sp³-hybridized carbons (Fsp3) is 0.308.